The van der Waals surface area contributed by atoms with E-state index in [1.54, 1.807) is 35.4 Å². The molecule has 1 aliphatic heterocycles. The zero-order valence-corrected chi connectivity index (χ0v) is 18.5. The van der Waals surface area contributed by atoms with E-state index in [-0.39, 0.29) is 5.91 Å². The van der Waals surface area contributed by atoms with Crippen LogP contribution in [-0.4, -0.2) is 62.5 Å². The van der Waals surface area contributed by atoms with Gasteiger partial charge in [0.2, 0.25) is 0 Å². The van der Waals surface area contributed by atoms with Crippen LogP contribution < -0.4 is 5.32 Å². The number of amides is 1. The number of aliphatic carboxylic acids is 1. The van der Waals surface area contributed by atoms with Crippen molar-refractivity contribution in [1.82, 2.24) is 15.1 Å². The van der Waals surface area contributed by atoms with Crippen LogP contribution in [0.25, 0.3) is 10.9 Å². The molecule has 8 nitrogen and oxygen atoms in total. The van der Waals surface area contributed by atoms with Gasteiger partial charge in [0.25, 0.3) is 5.91 Å². The van der Waals surface area contributed by atoms with E-state index in [1.165, 1.54) is 0 Å². The number of benzene rings is 2. The topological polar surface area (TPSA) is 119 Å². The number of anilines is 1. The van der Waals surface area contributed by atoms with Crippen molar-refractivity contribution in [3.05, 3.63) is 59.2 Å². The van der Waals surface area contributed by atoms with Crippen molar-refractivity contribution in [2.24, 2.45) is 0 Å². The van der Waals surface area contributed by atoms with E-state index in [4.69, 9.17) is 21.5 Å². The first-order valence-corrected chi connectivity index (χ1v) is 10.6. The van der Waals surface area contributed by atoms with Crippen molar-refractivity contribution < 1.29 is 33.0 Å². The fourth-order valence-corrected chi connectivity index (χ4v) is 3.60. The third kappa shape index (κ3) is 6.61. The maximum absolute atomic E-state index is 12.6. The quantitative estimate of drug-likeness (QED) is 0.432. The molecule has 4 rings (SSSR count). The van der Waals surface area contributed by atoms with Gasteiger partial charge >= 0.3 is 12.1 Å². The molecule has 34 heavy (non-hydrogen) atoms. The number of H-pyrrole nitrogens is 1. The summed E-state index contributed by atoms with van der Waals surface area (Å²) >= 11 is 5.86. The second-order valence-corrected chi connectivity index (χ2v) is 8.11. The van der Waals surface area contributed by atoms with Crippen LogP contribution >= 0.6 is 11.6 Å². The molecule has 1 atom stereocenters. The van der Waals surface area contributed by atoms with Crippen LogP contribution in [0, 0.1) is 0 Å². The van der Waals surface area contributed by atoms with Crippen LogP contribution in [0.2, 0.25) is 5.02 Å². The summed E-state index contributed by atoms with van der Waals surface area (Å²) in [5.74, 6) is -3.01. The molecule has 1 saturated heterocycles. The summed E-state index contributed by atoms with van der Waals surface area (Å²) in [5.41, 5.74) is 2.63. The number of carboxylic acid groups (broad SMARTS) is 1. The number of nitrogens with zero attached hydrogens (tertiary/aromatic N) is 2. The molecule has 1 aliphatic rings. The molecule has 1 fully saturated rings. The maximum atomic E-state index is 12.6. The number of carbonyl (C=O) groups is 2. The van der Waals surface area contributed by atoms with Crippen LogP contribution in [0.4, 0.5) is 18.9 Å². The Kier molecular flexibility index (Phi) is 8.00. The van der Waals surface area contributed by atoms with Crippen molar-refractivity contribution in [3.63, 3.8) is 0 Å². The van der Waals surface area contributed by atoms with E-state index in [9.17, 15) is 23.1 Å². The highest BCUT2D eigenvalue weighted by Crippen LogP contribution is 2.23. The number of rotatable bonds is 4. The van der Waals surface area contributed by atoms with Gasteiger partial charge in [-0.1, -0.05) is 23.7 Å². The lowest BCUT2D eigenvalue weighted by Gasteiger charge is -2.34. The molecule has 1 amide bonds. The Morgan fingerprint density at radius 3 is 2.35 bits per heavy atom. The lowest BCUT2D eigenvalue weighted by Crippen LogP contribution is -2.44. The lowest BCUT2D eigenvalue weighted by molar-refractivity contribution is -0.192. The molecule has 182 valence electrons. The van der Waals surface area contributed by atoms with E-state index < -0.39 is 18.2 Å². The SMILES string of the molecule is O=C(C(O)c1ccc(Cl)cc1)N1CCC(Nc2ccc3[nH]ncc3c2)CC1.O=C(O)C(F)(F)F. The van der Waals surface area contributed by atoms with Gasteiger partial charge in [0, 0.05) is 35.2 Å². The number of aliphatic hydroxyl groups is 1. The van der Waals surface area contributed by atoms with Crippen molar-refractivity contribution in [2.75, 3.05) is 18.4 Å². The summed E-state index contributed by atoms with van der Waals surface area (Å²) in [6, 6.07) is 13.1. The number of hydrogen-bond donors (Lipinski definition) is 4. The molecule has 0 bridgehead atoms. The number of carboxylic acids is 1. The van der Waals surface area contributed by atoms with Gasteiger partial charge in [0.1, 0.15) is 0 Å². The number of aliphatic hydroxyl groups excluding tert-OH is 1. The molecular weight excluding hydrogens is 477 g/mol. The first-order valence-electron chi connectivity index (χ1n) is 10.3. The van der Waals surface area contributed by atoms with Crippen LogP contribution in [0.3, 0.4) is 0 Å². The number of likely N-dealkylation sites (tertiary alicyclic amines) is 1. The molecule has 0 spiro atoms. The van der Waals surface area contributed by atoms with Gasteiger partial charge in [-0.3, -0.25) is 9.89 Å². The molecule has 2 aromatic carbocycles. The molecule has 1 aromatic heterocycles. The molecule has 4 N–H and O–H groups in total. The molecule has 0 aliphatic carbocycles. The Morgan fingerprint density at radius 1 is 1.15 bits per heavy atom. The molecule has 12 heteroatoms. The van der Waals surface area contributed by atoms with Gasteiger partial charge in [-0.25, -0.2) is 4.79 Å². The molecule has 0 saturated carbocycles. The average Bonchev–Trinajstić information content (AvgIpc) is 3.27. The number of nitrogens with one attached hydrogen (secondary N) is 2. The maximum Gasteiger partial charge on any atom is 0.490 e. The smallest absolute Gasteiger partial charge is 0.475 e. The average molecular weight is 499 g/mol. The Bertz CT molecular complexity index is 1130. The lowest BCUT2D eigenvalue weighted by atomic mass is 10.0. The third-order valence-corrected chi connectivity index (χ3v) is 5.53. The van der Waals surface area contributed by atoms with Gasteiger partial charge in [-0.05, 0) is 48.7 Å². The summed E-state index contributed by atoms with van der Waals surface area (Å²) in [4.78, 5) is 23.2. The molecule has 3 aromatic rings. The summed E-state index contributed by atoms with van der Waals surface area (Å²) in [6.45, 7) is 1.24. The Balaban J connectivity index is 0.000000406. The molecule has 1 unspecified atom stereocenters. The van der Waals surface area contributed by atoms with Crippen molar-refractivity contribution in [1.29, 1.82) is 0 Å². The molecular formula is C22H22ClF3N4O4. The second-order valence-electron chi connectivity index (χ2n) is 7.67. The summed E-state index contributed by atoms with van der Waals surface area (Å²) in [7, 11) is 0. The van der Waals surface area contributed by atoms with E-state index in [0.29, 0.717) is 29.7 Å². The molecule has 2 heterocycles. The van der Waals surface area contributed by atoms with Crippen molar-refractivity contribution in [2.45, 2.75) is 31.2 Å². The third-order valence-electron chi connectivity index (χ3n) is 5.28. The number of alkyl halides is 3. The standard InChI is InChI=1S/C20H21ClN4O2.C2HF3O2/c21-15-3-1-13(2-4-15)19(26)20(27)25-9-7-16(8-10-25)23-17-5-6-18-14(11-17)12-22-24-18;3-2(4,5)1(6)7/h1-6,11-12,16,19,23,26H,7-10H2,(H,22,24);(H,6,7). The van der Waals surface area contributed by atoms with E-state index in [0.717, 1.165) is 29.4 Å². The number of halogens is 4. The predicted octanol–water partition coefficient (Wildman–Crippen LogP) is 3.99. The molecule has 0 radical (unpaired) electrons. The summed E-state index contributed by atoms with van der Waals surface area (Å²) in [6.07, 6.45) is -2.75. The number of aromatic nitrogens is 2. The minimum atomic E-state index is -5.08. The second kappa shape index (κ2) is 10.7. The fraction of sp³-hybridized carbons (Fsp3) is 0.318. The van der Waals surface area contributed by atoms with Gasteiger partial charge < -0.3 is 20.4 Å². The van der Waals surface area contributed by atoms with Crippen molar-refractivity contribution >= 4 is 40.1 Å². The Labute approximate surface area is 197 Å². The number of hydrogen-bond acceptors (Lipinski definition) is 5. The van der Waals surface area contributed by atoms with E-state index in [1.807, 2.05) is 12.1 Å². The summed E-state index contributed by atoms with van der Waals surface area (Å²) < 4.78 is 31.7. The number of fused-ring (bicyclic) bond motifs is 1. The predicted molar refractivity (Wildman–Crippen MR) is 119 cm³/mol. The number of piperidine rings is 1. The fourth-order valence-electron chi connectivity index (χ4n) is 3.47. The zero-order chi connectivity index (χ0) is 24.9. The van der Waals surface area contributed by atoms with Gasteiger partial charge in [-0.2, -0.15) is 18.3 Å². The van der Waals surface area contributed by atoms with Gasteiger partial charge in [0.15, 0.2) is 6.10 Å². The largest absolute Gasteiger partial charge is 0.490 e. The van der Waals surface area contributed by atoms with Crippen LogP contribution in [0.15, 0.2) is 48.7 Å². The zero-order valence-electron chi connectivity index (χ0n) is 17.7. The van der Waals surface area contributed by atoms with Crippen molar-refractivity contribution in [3.8, 4) is 0 Å². The highest BCUT2D eigenvalue weighted by atomic mass is 35.5. The Morgan fingerprint density at radius 2 is 1.76 bits per heavy atom. The minimum Gasteiger partial charge on any atom is -0.475 e. The van der Waals surface area contributed by atoms with Crippen LogP contribution in [0.1, 0.15) is 24.5 Å². The van der Waals surface area contributed by atoms with E-state index in [2.05, 4.69) is 21.6 Å². The van der Waals surface area contributed by atoms with E-state index >= 15 is 0 Å². The van der Waals surface area contributed by atoms with Crippen LogP contribution in [0.5, 0.6) is 0 Å². The van der Waals surface area contributed by atoms with Gasteiger partial charge in [0.05, 0.1) is 11.7 Å². The summed E-state index contributed by atoms with van der Waals surface area (Å²) in [5, 5.41) is 29.6. The first kappa shape index (κ1) is 25.3. The van der Waals surface area contributed by atoms with Crippen LogP contribution in [-0.2, 0) is 9.59 Å². The monoisotopic (exact) mass is 498 g/mol. The number of carbonyl (C=O) groups excluding carboxylic acids is 1. The minimum absolute atomic E-state index is 0.254. The highest BCUT2D eigenvalue weighted by molar-refractivity contribution is 6.30. The first-order chi connectivity index (χ1) is 16.0. The Hall–Kier alpha value is -3.31. The normalized spacial score (nSPS) is 15.4. The number of aromatic amines is 1. The van der Waals surface area contributed by atoms with Gasteiger partial charge in [-0.15, -0.1) is 0 Å². The highest BCUT2D eigenvalue weighted by Gasteiger charge is 2.38.